The van der Waals surface area contributed by atoms with Crippen LogP contribution in [0.1, 0.15) is 17.3 Å². The van der Waals surface area contributed by atoms with Crippen LogP contribution in [0, 0.1) is 0 Å². The average Bonchev–Trinajstić information content (AvgIpc) is 3.30. The van der Waals surface area contributed by atoms with Crippen molar-refractivity contribution in [1.29, 1.82) is 0 Å². The molecular weight excluding hydrogens is 441 g/mol. The van der Waals surface area contributed by atoms with Crippen molar-refractivity contribution in [3.63, 3.8) is 0 Å². The van der Waals surface area contributed by atoms with Crippen molar-refractivity contribution in [3.8, 4) is 16.2 Å². The molecule has 2 heterocycles. The van der Waals surface area contributed by atoms with Gasteiger partial charge in [0.1, 0.15) is 16.3 Å². The second-order valence-electron chi connectivity index (χ2n) is 5.46. The summed E-state index contributed by atoms with van der Waals surface area (Å²) in [6.45, 7) is 1.71. The number of nitrogens with one attached hydrogen (secondary N) is 1. The van der Waals surface area contributed by atoms with Gasteiger partial charge < -0.3 is 14.8 Å². The Morgan fingerprint density at radius 1 is 1.18 bits per heavy atom. The fourth-order valence-corrected chi connectivity index (χ4v) is 4.62. The van der Waals surface area contributed by atoms with Crippen LogP contribution < -0.4 is 10.1 Å². The highest BCUT2D eigenvalue weighted by atomic mass is 35.5. The Kier molecular flexibility index (Phi) is 6.96. The molecule has 9 heteroatoms. The predicted octanol–water partition coefficient (Wildman–Crippen LogP) is 5.98. The molecule has 146 valence electrons. The van der Waals surface area contributed by atoms with Crippen LogP contribution >= 0.6 is 45.9 Å². The van der Waals surface area contributed by atoms with Gasteiger partial charge in [-0.1, -0.05) is 29.3 Å². The quantitative estimate of drug-likeness (QED) is 0.445. The lowest BCUT2D eigenvalue weighted by atomic mass is 10.1. The second kappa shape index (κ2) is 9.43. The van der Waals surface area contributed by atoms with E-state index in [1.165, 1.54) is 28.7 Å². The first-order valence-electron chi connectivity index (χ1n) is 8.19. The number of benzene rings is 1. The fraction of sp³-hybridized carbons (Fsp3) is 0.158. The van der Waals surface area contributed by atoms with Crippen molar-refractivity contribution in [1.82, 2.24) is 0 Å². The molecule has 5 nitrogen and oxygen atoms in total. The van der Waals surface area contributed by atoms with E-state index in [2.05, 4.69) is 5.32 Å². The zero-order valence-corrected chi connectivity index (χ0v) is 17.8. The molecule has 3 rings (SSSR count). The lowest BCUT2D eigenvalue weighted by Crippen LogP contribution is -2.21. The molecule has 0 fully saturated rings. The molecule has 0 spiro atoms. The van der Waals surface area contributed by atoms with E-state index in [0.29, 0.717) is 26.4 Å². The van der Waals surface area contributed by atoms with Crippen molar-refractivity contribution in [2.24, 2.45) is 0 Å². The molecule has 28 heavy (non-hydrogen) atoms. The summed E-state index contributed by atoms with van der Waals surface area (Å²) in [6.07, 6.45) is 0. The number of carbonyl (C=O) groups excluding carboxylic acids is 2. The maximum absolute atomic E-state index is 12.5. The number of rotatable bonds is 7. The number of hydrogen-bond acceptors (Lipinski definition) is 6. The number of carbonyl (C=O) groups is 2. The Balaban J connectivity index is 1.75. The number of amides is 1. The molecule has 0 aliphatic rings. The number of esters is 1. The summed E-state index contributed by atoms with van der Waals surface area (Å²) in [5.74, 6) is -0.558. The standard InChI is InChI=1S/C19H15Cl2NO4S2/c1-2-25-19(24)17-12(15-4-3-7-27-15)10-28-18(17)22-16(23)9-26-14-6-5-11(20)8-13(14)21/h3-8,10H,2,9H2,1H3,(H,22,23). The van der Waals surface area contributed by atoms with Gasteiger partial charge in [0.2, 0.25) is 0 Å². The molecule has 0 radical (unpaired) electrons. The van der Waals surface area contributed by atoms with Gasteiger partial charge >= 0.3 is 5.97 Å². The van der Waals surface area contributed by atoms with Crippen molar-refractivity contribution in [3.05, 3.63) is 56.7 Å². The maximum atomic E-state index is 12.5. The Morgan fingerprint density at radius 3 is 2.68 bits per heavy atom. The van der Waals surface area contributed by atoms with E-state index in [4.69, 9.17) is 32.7 Å². The molecule has 1 amide bonds. The van der Waals surface area contributed by atoms with Gasteiger partial charge in [0.05, 0.1) is 11.6 Å². The molecule has 1 aromatic carbocycles. The summed E-state index contributed by atoms with van der Waals surface area (Å²) in [5, 5.41) is 7.66. The Bertz CT molecular complexity index is 986. The van der Waals surface area contributed by atoms with Crippen LogP contribution in [0.2, 0.25) is 10.0 Å². The van der Waals surface area contributed by atoms with E-state index in [1.807, 2.05) is 22.9 Å². The van der Waals surface area contributed by atoms with Crippen LogP contribution in [0.3, 0.4) is 0 Å². The van der Waals surface area contributed by atoms with Crippen LogP contribution in [-0.4, -0.2) is 25.1 Å². The Labute approximate surface area is 179 Å². The van der Waals surface area contributed by atoms with Crippen LogP contribution in [0.5, 0.6) is 5.75 Å². The minimum Gasteiger partial charge on any atom is -0.482 e. The van der Waals surface area contributed by atoms with E-state index >= 15 is 0 Å². The van der Waals surface area contributed by atoms with Crippen molar-refractivity contribution in [2.75, 3.05) is 18.5 Å². The lowest BCUT2D eigenvalue weighted by Gasteiger charge is -2.10. The molecule has 0 aliphatic carbocycles. The van der Waals surface area contributed by atoms with Crippen LogP contribution in [0.4, 0.5) is 5.00 Å². The topological polar surface area (TPSA) is 64.6 Å². The fourth-order valence-electron chi connectivity index (χ4n) is 2.37. The van der Waals surface area contributed by atoms with Crippen molar-refractivity contribution < 1.29 is 19.1 Å². The molecule has 2 aromatic heterocycles. The van der Waals surface area contributed by atoms with Gasteiger partial charge in [-0.15, -0.1) is 22.7 Å². The van der Waals surface area contributed by atoms with Crippen LogP contribution in [-0.2, 0) is 9.53 Å². The third-order valence-electron chi connectivity index (χ3n) is 3.56. The monoisotopic (exact) mass is 455 g/mol. The summed E-state index contributed by atoms with van der Waals surface area (Å²) in [5.41, 5.74) is 1.07. The summed E-state index contributed by atoms with van der Waals surface area (Å²) in [4.78, 5) is 25.7. The number of thiophene rings is 2. The van der Waals surface area contributed by atoms with E-state index in [0.717, 1.165) is 10.4 Å². The first-order chi connectivity index (χ1) is 13.5. The van der Waals surface area contributed by atoms with Crippen LogP contribution in [0.15, 0.2) is 41.1 Å². The van der Waals surface area contributed by atoms with E-state index in [9.17, 15) is 9.59 Å². The summed E-state index contributed by atoms with van der Waals surface area (Å²) in [6, 6.07) is 8.54. The van der Waals surface area contributed by atoms with Gasteiger partial charge in [-0.25, -0.2) is 4.79 Å². The first kappa shape index (κ1) is 20.7. The Morgan fingerprint density at radius 2 is 2.00 bits per heavy atom. The van der Waals surface area contributed by atoms with Gasteiger partial charge in [-0.3, -0.25) is 4.79 Å². The molecule has 0 saturated heterocycles. The van der Waals surface area contributed by atoms with Crippen molar-refractivity contribution >= 4 is 62.8 Å². The van der Waals surface area contributed by atoms with Gasteiger partial charge in [0, 0.05) is 20.8 Å². The summed E-state index contributed by atoms with van der Waals surface area (Å²) < 4.78 is 10.6. The number of hydrogen-bond donors (Lipinski definition) is 1. The van der Waals surface area contributed by atoms with E-state index in [-0.39, 0.29) is 13.2 Å². The minimum absolute atomic E-state index is 0.240. The van der Waals surface area contributed by atoms with Gasteiger partial charge in [-0.05, 0) is 36.6 Å². The second-order valence-corrected chi connectivity index (χ2v) is 8.13. The maximum Gasteiger partial charge on any atom is 0.341 e. The third-order valence-corrected chi connectivity index (χ3v) is 5.89. The number of ether oxygens (including phenoxy) is 2. The molecular formula is C19H15Cl2NO4S2. The normalized spacial score (nSPS) is 10.5. The third kappa shape index (κ3) is 4.86. The van der Waals surface area contributed by atoms with E-state index in [1.54, 1.807) is 19.1 Å². The highest BCUT2D eigenvalue weighted by molar-refractivity contribution is 7.17. The largest absolute Gasteiger partial charge is 0.482 e. The predicted molar refractivity (Wildman–Crippen MR) is 114 cm³/mol. The van der Waals surface area contributed by atoms with E-state index < -0.39 is 11.9 Å². The number of halogens is 2. The highest BCUT2D eigenvalue weighted by Crippen LogP contribution is 2.38. The summed E-state index contributed by atoms with van der Waals surface area (Å²) in [7, 11) is 0. The average molecular weight is 456 g/mol. The van der Waals surface area contributed by atoms with Crippen molar-refractivity contribution in [2.45, 2.75) is 6.92 Å². The zero-order chi connectivity index (χ0) is 20.1. The van der Waals surface area contributed by atoms with Gasteiger partial charge in [0.25, 0.3) is 5.91 Å². The smallest absolute Gasteiger partial charge is 0.341 e. The highest BCUT2D eigenvalue weighted by Gasteiger charge is 2.23. The molecule has 0 unspecified atom stereocenters. The molecule has 0 atom stereocenters. The first-order valence-corrected chi connectivity index (χ1v) is 10.7. The zero-order valence-electron chi connectivity index (χ0n) is 14.7. The molecule has 3 aromatic rings. The van der Waals surface area contributed by atoms with Gasteiger partial charge in [0.15, 0.2) is 6.61 Å². The van der Waals surface area contributed by atoms with Gasteiger partial charge in [-0.2, -0.15) is 0 Å². The Hall–Kier alpha value is -2.06. The summed E-state index contributed by atoms with van der Waals surface area (Å²) >= 11 is 14.6. The van der Waals surface area contributed by atoms with Crippen LogP contribution in [0.25, 0.3) is 10.4 Å². The molecule has 0 saturated carbocycles. The number of anilines is 1. The lowest BCUT2D eigenvalue weighted by molar-refractivity contribution is -0.118. The SMILES string of the molecule is CCOC(=O)c1c(-c2cccs2)csc1NC(=O)COc1ccc(Cl)cc1Cl. The molecule has 1 N–H and O–H groups in total. The molecule has 0 aliphatic heterocycles. The molecule has 0 bridgehead atoms. The minimum atomic E-state index is -0.482.